The number of benzene rings is 1. The minimum absolute atomic E-state index is 0.00759. The molecule has 3 heterocycles. The molecule has 0 amide bonds. The SMILES string of the molecule is CC1(C)O[C@@H]2[C@H](O1)[C@@]1(C)CC(c3ccc(N)c(C4=CCCCC4)c3)C[C@]2(C)O1. The van der Waals surface area contributed by atoms with Gasteiger partial charge in [-0.15, -0.1) is 0 Å². The maximum Gasteiger partial charge on any atom is 0.164 e. The van der Waals surface area contributed by atoms with Crippen LogP contribution in [0.1, 0.15) is 83.3 Å². The lowest BCUT2D eigenvalue weighted by molar-refractivity contribution is -0.242. The summed E-state index contributed by atoms with van der Waals surface area (Å²) >= 11 is 0. The molecule has 0 radical (unpaired) electrons. The molecule has 0 spiro atoms. The van der Waals surface area contributed by atoms with E-state index >= 15 is 0 Å². The Bertz CT molecular complexity index is 803. The van der Waals surface area contributed by atoms with Gasteiger partial charge in [0.15, 0.2) is 5.79 Å². The Labute approximate surface area is 168 Å². The molecule has 1 aliphatic carbocycles. The number of anilines is 1. The van der Waals surface area contributed by atoms with Gasteiger partial charge in [-0.05, 0) is 95.4 Å². The van der Waals surface area contributed by atoms with Crippen LogP contribution in [-0.4, -0.2) is 29.2 Å². The van der Waals surface area contributed by atoms with Crippen molar-refractivity contribution in [1.29, 1.82) is 0 Å². The van der Waals surface area contributed by atoms with Gasteiger partial charge in [0.05, 0.1) is 11.2 Å². The second kappa shape index (κ2) is 6.07. The van der Waals surface area contributed by atoms with Crippen LogP contribution >= 0.6 is 0 Å². The lowest BCUT2D eigenvalue weighted by Gasteiger charge is -2.43. The summed E-state index contributed by atoms with van der Waals surface area (Å²) in [6.07, 6.45) is 9.12. The lowest BCUT2D eigenvalue weighted by Crippen LogP contribution is -2.46. The van der Waals surface area contributed by atoms with E-state index in [0.717, 1.165) is 24.9 Å². The number of nitrogen functional groups attached to an aromatic ring is 1. The van der Waals surface area contributed by atoms with E-state index in [0.29, 0.717) is 5.92 Å². The van der Waals surface area contributed by atoms with Crippen LogP contribution in [0.3, 0.4) is 0 Å². The van der Waals surface area contributed by atoms with Crippen LogP contribution in [0, 0.1) is 0 Å². The molecule has 1 unspecified atom stereocenters. The Balaban J connectivity index is 1.47. The first-order valence-electron chi connectivity index (χ1n) is 10.8. The number of hydrogen-bond donors (Lipinski definition) is 1. The van der Waals surface area contributed by atoms with Crippen LogP contribution in [0.4, 0.5) is 5.69 Å². The van der Waals surface area contributed by atoms with Crippen molar-refractivity contribution in [1.82, 2.24) is 0 Å². The zero-order chi connectivity index (χ0) is 19.7. The van der Waals surface area contributed by atoms with Gasteiger partial charge in [-0.25, -0.2) is 0 Å². The molecule has 4 aliphatic rings. The van der Waals surface area contributed by atoms with Gasteiger partial charge in [0.25, 0.3) is 0 Å². The molecule has 5 atom stereocenters. The van der Waals surface area contributed by atoms with Gasteiger partial charge in [0.1, 0.15) is 12.2 Å². The second-order valence-corrected chi connectivity index (χ2v) is 10.1. The average Bonchev–Trinajstić information content (AvgIpc) is 3.05. The number of nitrogens with two attached hydrogens (primary N) is 1. The zero-order valence-corrected chi connectivity index (χ0v) is 17.6. The highest BCUT2D eigenvalue weighted by molar-refractivity contribution is 5.76. The van der Waals surface area contributed by atoms with Crippen molar-refractivity contribution < 1.29 is 14.2 Å². The first-order chi connectivity index (χ1) is 13.2. The van der Waals surface area contributed by atoms with Crippen LogP contribution in [0.5, 0.6) is 0 Å². The predicted molar refractivity (Wildman–Crippen MR) is 111 cm³/mol. The van der Waals surface area contributed by atoms with Crippen molar-refractivity contribution in [3.8, 4) is 0 Å². The highest BCUT2D eigenvalue weighted by Gasteiger charge is 2.68. The van der Waals surface area contributed by atoms with Crippen molar-refractivity contribution >= 4 is 11.3 Å². The summed E-state index contributed by atoms with van der Waals surface area (Å²) in [5, 5.41) is 0. The van der Waals surface area contributed by atoms with E-state index in [1.807, 2.05) is 13.8 Å². The molecule has 1 aromatic carbocycles. The van der Waals surface area contributed by atoms with Crippen LogP contribution in [0.2, 0.25) is 0 Å². The highest BCUT2D eigenvalue weighted by atomic mass is 16.8. The average molecular weight is 384 g/mol. The number of allylic oxidation sites excluding steroid dienone is 2. The molecule has 3 saturated heterocycles. The summed E-state index contributed by atoms with van der Waals surface area (Å²) in [6.45, 7) is 8.42. The lowest BCUT2D eigenvalue weighted by atomic mass is 9.79. The minimum atomic E-state index is -0.531. The Morgan fingerprint density at radius 1 is 0.964 bits per heavy atom. The molecule has 0 saturated carbocycles. The van der Waals surface area contributed by atoms with Crippen LogP contribution < -0.4 is 5.73 Å². The van der Waals surface area contributed by atoms with Crippen LogP contribution in [0.25, 0.3) is 5.57 Å². The maximum absolute atomic E-state index is 6.57. The number of ether oxygens (including phenoxy) is 3. The van der Waals surface area contributed by atoms with Gasteiger partial charge in [-0.3, -0.25) is 0 Å². The fourth-order valence-electron chi connectivity index (χ4n) is 6.09. The number of hydrogen-bond acceptors (Lipinski definition) is 4. The van der Waals surface area contributed by atoms with E-state index < -0.39 is 5.79 Å². The molecule has 3 aliphatic heterocycles. The van der Waals surface area contributed by atoms with Crippen molar-refractivity contribution in [3.63, 3.8) is 0 Å². The molecule has 4 heteroatoms. The van der Waals surface area contributed by atoms with E-state index in [-0.39, 0.29) is 23.4 Å². The Hall–Kier alpha value is -1.36. The Morgan fingerprint density at radius 2 is 1.64 bits per heavy atom. The predicted octanol–water partition coefficient (Wildman–Crippen LogP) is 5.17. The quantitative estimate of drug-likeness (QED) is 0.716. The largest absolute Gasteiger partial charge is 0.398 e. The van der Waals surface area contributed by atoms with Crippen molar-refractivity contribution in [2.45, 2.75) is 101 Å². The molecule has 152 valence electrons. The molecule has 1 aromatic rings. The highest BCUT2D eigenvalue weighted by Crippen LogP contribution is 2.58. The van der Waals surface area contributed by atoms with Gasteiger partial charge < -0.3 is 19.9 Å². The molecular weight excluding hydrogens is 350 g/mol. The third kappa shape index (κ3) is 2.84. The molecular formula is C24H33NO3. The monoisotopic (exact) mass is 383 g/mol. The topological polar surface area (TPSA) is 53.7 Å². The summed E-state index contributed by atoms with van der Waals surface area (Å²) in [4.78, 5) is 0. The van der Waals surface area contributed by atoms with E-state index in [2.05, 4.69) is 38.1 Å². The maximum atomic E-state index is 6.57. The first-order valence-corrected chi connectivity index (χ1v) is 10.8. The molecule has 2 bridgehead atoms. The van der Waals surface area contributed by atoms with E-state index in [9.17, 15) is 0 Å². The van der Waals surface area contributed by atoms with E-state index in [1.54, 1.807) is 0 Å². The summed E-state index contributed by atoms with van der Waals surface area (Å²) in [7, 11) is 0. The number of rotatable bonds is 2. The van der Waals surface area contributed by atoms with Crippen LogP contribution in [-0.2, 0) is 14.2 Å². The number of fused-ring (bicyclic) bond motifs is 5. The summed E-state index contributed by atoms with van der Waals surface area (Å²) in [6, 6.07) is 6.65. The zero-order valence-electron chi connectivity index (χ0n) is 17.6. The second-order valence-electron chi connectivity index (χ2n) is 10.1. The standard InChI is InChI=1S/C24H33NO3/c1-22(2)26-20-21(27-22)24(4)14-17(13-23(20,3)28-24)16-10-11-19(25)18(12-16)15-8-6-5-7-9-15/h8,10-12,17,20-21H,5-7,9,13-14,25H2,1-4H3/t17?,20-,21+,23+,24-. The molecule has 28 heavy (non-hydrogen) atoms. The van der Waals surface area contributed by atoms with E-state index in [4.69, 9.17) is 19.9 Å². The third-order valence-corrected chi connectivity index (χ3v) is 7.26. The normalized spacial score (nSPS) is 41.6. The van der Waals surface area contributed by atoms with Crippen molar-refractivity contribution in [2.24, 2.45) is 0 Å². The molecule has 5 rings (SSSR count). The van der Waals surface area contributed by atoms with Gasteiger partial charge >= 0.3 is 0 Å². The summed E-state index contributed by atoms with van der Waals surface area (Å²) < 4.78 is 19.2. The first kappa shape index (κ1) is 18.7. The van der Waals surface area contributed by atoms with E-state index in [1.165, 1.54) is 36.0 Å². The van der Waals surface area contributed by atoms with Gasteiger partial charge in [0, 0.05) is 11.3 Å². The fraction of sp³-hybridized carbons (Fsp3) is 0.667. The van der Waals surface area contributed by atoms with Gasteiger partial charge in [-0.2, -0.15) is 0 Å². The van der Waals surface area contributed by atoms with Gasteiger partial charge in [-0.1, -0.05) is 12.1 Å². The minimum Gasteiger partial charge on any atom is -0.398 e. The molecule has 0 aromatic heterocycles. The molecule has 4 nitrogen and oxygen atoms in total. The summed E-state index contributed by atoms with van der Waals surface area (Å²) in [5.41, 5.74) is 10.7. The third-order valence-electron chi connectivity index (χ3n) is 7.26. The molecule has 2 N–H and O–H groups in total. The van der Waals surface area contributed by atoms with Crippen molar-refractivity contribution in [3.05, 3.63) is 35.4 Å². The van der Waals surface area contributed by atoms with Crippen LogP contribution in [0.15, 0.2) is 24.3 Å². The van der Waals surface area contributed by atoms with Crippen molar-refractivity contribution in [2.75, 3.05) is 5.73 Å². The Morgan fingerprint density at radius 3 is 2.25 bits per heavy atom. The van der Waals surface area contributed by atoms with Gasteiger partial charge in [0.2, 0.25) is 0 Å². The smallest absolute Gasteiger partial charge is 0.164 e. The molecule has 3 fully saturated rings. The Kier molecular flexibility index (Phi) is 4.04. The summed E-state index contributed by atoms with van der Waals surface area (Å²) in [5.74, 6) is -0.107. The fourth-order valence-corrected chi connectivity index (χ4v) is 6.09.